The molecule has 0 spiro atoms. The number of nitrogens with zero attached hydrogens (tertiary/aromatic N) is 2. The number of carbonyl (C=O) groups excluding carboxylic acids is 1. The summed E-state index contributed by atoms with van der Waals surface area (Å²) in [7, 11) is 0. The van der Waals surface area contributed by atoms with Crippen molar-refractivity contribution in [2.45, 2.75) is 33.6 Å². The first kappa shape index (κ1) is 14.7. The van der Waals surface area contributed by atoms with E-state index in [1.54, 1.807) is 23.6 Å². The van der Waals surface area contributed by atoms with Crippen molar-refractivity contribution in [1.29, 1.82) is 0 Å². The van der Waals surface area contributed by atoms with E-state index in [9.17, 15) is 4.79 Å². The van der Waals surface area contributed by atoms with Gasteiger partial charge in [-0.2, -0.15) is 0 Å². The van der Waals surface area contributed by atoms with Gasteiger partial charge in [0.05, 0.1) is 16.5 Å². The number of rotatable bonds is 5. The average Bonchev–Trinajstić information content (AvgIpc) is 2.86. The maximum absolute atomic E-state index is 11.9. The minimum Gasteiger partial charge on any atom is -0.461 e. The third kappa shape index (κ3) is 3.42. The SMILES string of the molecule is CCCCOC(=O)c1cc(-c2cnc(C)s2)c(C)cn1. The zero-order valence-electron chi connectivity index (χ0n) is 12.0. The molecular formula is C15H18N2O2S. The minimum absolute atomic E-state index is 0.354. The topological polar surface area (TPSA) is 52.1 Å². The van der Waals surface area contributed by atoms with Crippen LogP contribution in [0.25, 0.3) is 10.4 Å². The van der Waals surface area contributed by atoms with Crippen LogP contribution in [0.1, 0.15) is 40.8 Å². The van der Waals surface area contributed by atoms with Gasteiger partial charge in [0.1, 0.15) is 5.69 Å². The van der Waals surface area contributed by atoms with E-state index in [1.165, 1.54) is 0 Å². The first-order valence-electron chi connectivity index (χ1n) is 6.68. The third-order valence-electron chi connectivity index (χ3n) is 2.93. The fourth-order valence-electron chi connectivity index (χ4n) is 1.77. The molecule has 4 nitrogen and oxygen atoms in total. The van der Waals surface area contributed by atoms with Crippen LogP contribution in [0, 0.1) is 13.8 Å². The van der Waals surface area contributed by atoms with Crippen LogP contribution >= 0.6 is 11.3 Å². The van der Waals surface area contributed by atoms with Crippen molar-refractivity contribution in [2.75, 3.05) is 6.61 Å². The van der Waals surface area contributed by atoms with Gasteiger partial charge in [0.15, 0.2) is 0 Å². The smallest absolute Gasteiger partial charge is 0.356 e. The molecule has 2 heterocycles. The molecule has 2 aromatic heterocycles. The Morgan fingerprint density at radius 2 is 2.10 bits per heavy atom. The highest BCUT2D eigenvalue weighted by molar-refractivity contribution is 7.15. The van der Waals surface area contributed by atoms with Crippen LogP contribution in [0.15, 0.2) is 18.5 Å². The third-order valence-corrected chi connectivity index (χ3v) is 3.88. The number of thiazole rings is 1. The number of unbranched alkanes of at least 4 members (excludes halogenated alkanes) is 1. The summed E-state index contributed by atoms with van der Waals surface area (Å²) in [6.07, 6.45) is 5.41. The quantitative estimate of drug-likeness (QED) is 0.621. The summed E-state index contributed by atoms with van der Waals surface area (Å²) in [5.74, 6) is -0.360. The lowest BCUT2D eigenvalue weighted by molar-refractivity contribution is 0.0493. The summed E-state index contributed by atoms with van der Waals surface area (Å²) in [6, 6.07) is 1.79. The molecule has 0 bridgehead atoms. The number of pyridine rings is 1. The molecule has 106 valence electrons. The monoisotopic (exact) mass is 290 g/mol. The fraction of sp³-hybridized carbons (Fsp3) is 0.400. The van der Waals surface area contributed by atoms with Crippen molar-refractivity contribution in [3.05, 3.63) is 34.7 Å². The number of esters is 1. The van der Waals surface area contributed by atoms with E-state index in [-0.39, 0.29) is 5.97 Å². The van der Waals surface area contributed by atoms with Crippen molar-refractivity contribution >= 4 is 17.3 Å². The first-order valence-corrected chi connectivity index (χ1v) is 7.50. The van der Waals surface area contributed by atoms with Gasteiger partial charge in [0, 0.05) is 18.0 Å². The fourth-order valence-corrected chi connectivity index (χ4v) is 2.63. The molecule has 0 aliphatic rings. The molecule has 0 amide bonds. The molecule has 0 unspecified atom stereocenters. The maximum Gasteiger partial charge on any atom is 0.356 e. The second-order valence-electron chi connectivity index (χ2n) is 4.62. The van der Waals surface area contributed by atoms with Gasteiger partial charge in [0.25, 0.3) is 0 Å². The van der Waals surface area contributed by atoms with E-state index in [0.29, 0.717) is 12.3 Å². The molecule has 0 saturated heterocycles. The molecule has 2 rings (SSSR count). The van der Waals surface area contributed by atoms with E-state index in [4.69, 9.17) is 4.74 Å². The molecule has 2 aromatic rings. The molecule has 0 saturated carbocycles. The summed E-state index contributed by atoms with van der Waals surface area (Å²) >= 11 is 1.61. The molecule has 0 fully saturated rings. The molecule has 0 radical (unpaired) electrons. The summed E-state index contributed by atoms with van der Waals surface area (Å²) in [6.45, 7) is 6.44. The van der Waals surface area contributed by atoms with Gasteiger partial charge >= 0.3 is 5.97 Å². The summed E-state index contributed by atoms with van der Waals surface area (Å²) in [5, 5.41) is 1.00. The van der Waals surface area contributed by atoms with E-state index in [0.717, 1.165) is 33.9 Å². The number of aryl methyl sites for hydroxylation is 2. The standard InChI is InChI=1S/C15H18N2O2S/c1-4-5-6-19-15(18)13-7-12(10(2)8-17-13)14-9-16-11(3)20-14/h7-9H,4-6H2,1-3H3. The van der Waals surface area contributed by atoms with Gasteiger partial charge in [-0.25, -0.2) is 14.8 Å². The zero-order chi connectivity index (χ0) is 14.5. The molecule has 0 N–H and O–H groups in total. The second kappa shape index (κ2) is 6.61. The van der Waals surface area contributed by atoms with Gasteiger partial charge in [0.2, 0.25) is 0 Å². The van der Waals surface area contributed by atoms with E-state index in [1.807, 2.05) is 20.0 Å². The van der Waals surface area contributed by atoms with Crippen molar-refractivity contribution in [1.82, 2.24) is 9.97 Å². The van der Waals surface area contributed by atoms with Crippen LogP contribution in [0.3, 0.4) is 0 Å². The van der Waals surface area contributed by atoms with Crippen LogP contribution in [0.5, 0.6) is 0 Å². The van der Waals surface area contributed by atoms with Crippen molar-refractivity contribution in [3.63, 3.8) is 0 Å². The normalized spacial score (nSPS) is 10.6. The largest absolute Gasteiger partial charge is 0.461 e. The second-order valence-corrected chi connectivity index (χ2v) is 5.85. The van der Waals surface area contributed by atoms with Crippen LogP contribution < -0.4 is 0 Å². The number of ether oxygens (including phenoxy) is 1. The number of aromatic nitrogens is 2. The lowest BCUT2D eigenvalue weighted by atomic mass is 10.1. The van der Waals surface area contributed by atoms with Gasteiger partial charge in [-0.3, -0.25) is 0 Å². The minimum atomic E-state index is -0.360. The predicted molar refractivity (Wildman–Crippen MR) is 80.0 cm³/mol. The lowest BCUT2D eigenvalue weighted by Crippen LogP contribution is -2.08. The summed E-state index contributed by atoms with van der Waals surface area (Å²) in [5.41, 5.74) is 2.37. The van der Waals surface area contributed by atoms with E-state index in [2.05, 4.69) is 16.9 Å². The highest BCUT2D eigenvalue weighted by Gasteiger charge is 2.13. The molecule has 0 atom stereocenters. The van der Waals surface area contributed by atoms with Crippen LogP contribution in [-0.4, -0.2) is 22.5 Å². The highest BCUT2D eigenvalue weighted by Crippen LogP contribution is 2.28. The lowest BCUT2D eigenvalue weighted by Gasteiger charge is -2.06. The van der Waals surface area contributed by atoms with E-state index < -0.39 is 0 Å². The average molecular weight is 290 g/mol. The van der Waals surface area contributed by atoms with Crippen molar-refractivity contribution in [3.8, 4) is 10.4 Å². The molecular weight excluding hydrogens is 272 g/mol. The Hall–Kier alpha value is -1.75. The Labute approximate surface area is 122 Å². The van der Waals surface area contributed by atoms with Crippen LogP contribution in [0.4, 0.5) is 0 Å². The summed E-state index contributed by atoms with van der Waals surface area (Å²) < 4.78 is 5.19. The molecule has 0 aliphatic heterocycles. The van der Waals surface area contributed by atoms with Crippen LogP contribution in [0.2, 0.25) is 0 Å². The number of carbonyl (C=O) groups is 1. The highest BCUT2D eigenvalue weighted by atomic mass is 32.1. The van der Waals surface area contributed by atoms with Gasteiger partial charge in [-0.1, -0.05) is 13.3 Å². The Morgan fingerprint density at radius 3 is 2.75 bits per heavy atom. The summed E-state index contributed by atoms with van der Waals surface area (Å²) in [4.78, 5) is 21.4. The Bertz CT molecular complexity index is 608. The first-order chi connectivity index (χ1) is 9.61. The predicted octanol–water partition coefficient (Wildman–Crippen LogP) is 3.78. The van der Waals surface area contributed by atoms with E-state index >= 15 is 0 Å². The van der Waals surface area contributed by atoms with Crippen LogP contribution in [-0.2, 0) is 4.74 Å². The Balaban J connectivity index is 2.22. The Kier molecular flexibility index (Phi) is 4.84. The molecule has 5 heteroatoms. The number of hydrogen-bond donors (Lipinski definition) is 0. The zero-order valence-corrected chi connectivity index (χ0v) is 12.8. The molecule has 0 aliphatic carbocycles. The van der Waals surface area contributed by atoms with Crippen molar-refractivity contribution < 1.29 is 9.53 Å². The Morgan fingerprint density at radius 1 is 1.30 bits per heavy atom. The maximum atomic E-state index is 11.9. The van der Waals surface area contributed by atoms with Crippen molar-refractivity contribution in [2.24, 2.45) is 0 Å². The molecule has 20 heavy (non-hydrogen) atoms. The molecule has 0 aromatic carbocycles. The van der Waals surface area contributed by atoms with Gasteiger partial charge in [-0.05, 0) is 31.9 Å². The number of hydrogen-bond acceptors (Lipinski definition) is 5. The van der Waals surface area contributed by atoms with Gasteiger partial charge < -0.3 is 4.74 Å². The van der Waals surface area contributed by atoms with Gasteiger partial charge in [-0.15, -0.1) is 11.3 Å².